The van der Waals surface area contributed by atoms with Crippen molar-refractivity contribution < 1.29 is 9.53 Å². The third-order valence-electron chi connectivity index (χ3n) is 4.88. The van der Waals surface area contributed by atoms with Crippen LogP contribution < -0.4 is 5.56 Å². The van der Waals surface area contributed by atoms with E-state index in [9.17, 15) is 9.59 Å². The van der Waals surface area contributed by atoms with Crippen LogP contribution in [0.2, 0.25) is 0 Å². The van der Waals surface area contributed by atoms with E-state index in [4.69, 9.17) is 4.74 Å². The van der Waals surface area contributed by atoms with Gasteiger partial charge in [-0.15, -0.1) is 0 Å². The maximum Gasteiger partial charge on any atom is 0.410 e. The highest BCUT2D eigenvalue weighted by Crippen LogP contribution is 2.33. The SMILES string of the molecule is O=C(OCc1ccccc1)N(C1CC1)C1CCc2[nH][nH]c(=O)c2C1. The molecule has 2 aromatic rings. The number of hydrogen-bond donors (Lipinski definition) is 2. The lowest BCUT2D eigenvalue weighted by Crippen LogP contribution is -2.45. The Labute approximate surface area is 139 Å². The number of fused-ring (bicyclic) bond motifs is 1. The molecule has 1 fully saturated rings. The number of aromatic nitrogens is 2. The van der Waals surface area contributed by atoms with Gasteiger partial charge in [0.2, 0.25) is 0 Å². The fraction of sp³-hybridized carbons (Fsp3) is 0.444. The largest absolute Gasteiger partial charge is 0.445 e. The highest BCUT2D eigenvalue weighted by molar-refractivity contribution is 5.69. The summed E-state index contributed by atoms with van der Waals surface area (Å²) in [4.78, 5) is 26.4. The van der Waals surface area contributed by atoms with Gasteiger partial charge in [-0.05, 0) is 31.2 Å². The molecule has 1 saturated carbocycles. The summed E-state index contributed by atoms with van der Waals surface area (Å²) in [5.41, 5.74) is 2.68. The Kier molecular flexibility index (Phi) is 3.88. The second kappa shape index (κ2) is 6.19. The lowest BCUT2D eigenvalue weighted by Gasteiger charge is -2.33. The monoisotopic (exact) mass is 327 g/mol. The van der Waals surface area contributed by atoms with Gasteiger partial charge in [0.15, 0.2) is 0 Å². The lowest BCUT2D eigenvalue weighted by atomic mass is 9.92. The van der Waals surface area contributed by atoms with Crippen LogP contribution in [0.5, 0.6) is 0 Å². The maximum atomic E-state index is 12.6. The minimum absolute atomic E-state index is 0.0465. The zero-order chi connectivity index (χ0) is 16.5. The molecule has 0 bridgehead atoms. The molecule has 1 unspecified atom stereocenters. The predicted octanol–water partition coefficient (Wildman–Crippen LogP) is 2.36. The number of hydrogen-bond acceptors (Lipinski definition) is 3. The first kappa shape index (κ1) is 15.1. The van der Waals surface area contributed by atoms with Crippen molar-refractivity contribution in [1.29, 1.82) is 0 Å². The van der Waals surface area contributed by atoms with Crippen LogP contribution in [0.4, 0.5) is 4.79 Å². The number of amides is 1. The van der Waals surface area contributed by atoms with Crippen molar-refractivity contribution in [2.75, 3.05) is 0 Å². The van der Waals surface area contributed by atoms with Crippen molar-refractivity contribution >= 4 is 6.09 Å². The number of aryl methyl sites for hydroxylation is 1. The average molecular weight is 327 g/mol. The molecule has 6 nitrogen and oxygen atoms in total. The Morgan fingerprint density at radius 1 is 1.12 bits per heavy atom. The second-order valence-electron chi connectivity index (χ2n) is 6.61. The van der Waals surface area contributed by atoms with E-state index in [1.165, 1.54) is 0 Å². The summed E-state index contributed by atoms with van der Waals surface area (Å²) < 4.78 is 5.54. The van der Waals surface area contributed by atoms with Crippen molar-refractivity contribution in [3.63, 3.8) is 0 Å². The summed E-state index contributed by atoms with van der Waals surface area (Å²) in [5.74, 6) is 0. The Bertz CT molecular complexity index is 776. The third-order valence-corrected chi connectivity index (χ3v) is 4.88. The maximum absolute atomic E-state index is 12.6. The Morgan fingerprint density at radius 3 is 2.67 bits per heavy atom. The zero-order valence-corrected chi connectivity index (χ0v) is 13.5. The zero-order valence-electron chi connectivity index (χ0n) is 13.5. The smallest absolute Gasteiger partial charge is 0.410 e. The molecular weight excluding hydrogens is 306 g/mol. The molecule has 24 heavy (non-hydrogen) atoms. The number of carbonyl (C=O) groups is 1. The van der Waals surface area contributed by atoms with E-state index >= 15 is 0 Å². The summed E-state index contributed by atoms with van der Waals surface area (Å²) in [6.07, 6.45) is 4.03. The number of ether oxygens (including phenoxy) is 1. The minimum atomic E-state index is -0.262. The van der Waals surface area contributed by atoms with E-state index in [1.807, 2.05) is 35.2 Å². The molecule has 126 valence electrons. The number of benzene rings is 1. The predicted molar refractivity (Wildman–Crippen MR) is 88.7 cm³/mol. The van der Waals surface area contributed by atoms with Crippen molar-refractivity contribution in [1.82, 2.24) is 15.1 Å². The molecule has 1 aromatic heterocycles. The topological polar surface area (TPSA) is 78.2 Å². The molecule has 2 aliphatic rings. The highest BCUT2D eigenvalue weighted by Gasteiger charge is 2.40. The highest BCUT2D eigenvalue weighted by atomic mass is 16.6. The molecular formula is C18H21N3O3. The fourth-order valence-corrected chi connectivity index (χ4v) is 3.48. The third kappa shape index (κ3) is 2.96. The molecule has 0 aliphatic heterocycles. The first-order valence-electron chi connectivity index (χ1n) is 8.50. The van der Waals surface area contributed by atoms with Crippen LogP contribution in [0, 0.1) is 0 Å². The van der Waals surface area contributed by atoms with Crippen molar-refractivity contribution in [2.24, 2.45) is 0 Å². The molecule has 1 aromatic carbocycles. The first-order valence-corrected chi connectivity index (χ1v) is 8.50. The number of nitrogens with one attached hydrogen (secondary N) is 2. The molecule has 1 atom stereocenters. The molecule has 0 radical (unpaired) electrons. The van der Waals surface area contributed by atoms with Crippen LogP contribution in [0.25, 0.3) is 0 Å². The van der Waals surface area contributed by atoms with Crippen LogP contribution in [-0.4, -0.2) is 33.3 Å². The molecule has 2 N–H and O–H groups in total. The molecule has 1 amide bonds. The van der Waals surface area contributed by atoms with Gasteiger partial charge in [0.05, 0.1) is 0 Å². The van der Waals surface area contributed by atoms with E-state index in [-0.39, 0.29) is 30.3 Å². The molecule has 2 aliphatic carbocycles. The van der Waals surface area contributed by atoms with E-state index in [2.05, 4.69) is 10.2 Å². The van der Waals surface area contributed by atoms with Gasteiger partial charge < -0.3 is 14.7 Å². The van der Waals surface area contributed by atoms with E-state index in [0.717, 1.165) is 42.5 Å². The molecule has 0 spiro atoms. The number of carbonyl (C=O) groups excluding carboxylic acids is 1. The summed E-state index contributed by atoms with van der Waals surface area (Å²) >= 11 is 0. The van der Waals surface area contributed by atoms with Gasteiger partial charge in [-0.25, -0.2) is 4.79 Å². The van der Waals surface area contributed by atoms with Gasteiger partial charge in [-0.3, -0.25) is 9.89 Å². The molecule has 1 heterocycles. The quantitative estimate of drug-likeness (QED) is 0.905. The van der Waals surface area contributed by atoms with Crippen LogP contribution in [0.3, 0.4) is 0 Å². The summed E-state index contributed by atoms with van der Waals surface area (Å²) in [6.45, 7) is 0.283. The van der Waals surface area contributed by atoms with Gasteiger partial charge >= 0.3 is 6.09 Å². The number of H-pyrrole nitrogens is 2. The fourth-order valence-electron chi connectivity index (χ4n) is 3.48. The Balaban J connectivity index is 1.46. The Hall–Kier alpha value is -2.50. The molecule has 4 rings (SSSR count). The number of aromatic amines is 2. The first-order chi connectivity index (χ1) is 11.7. The molecule has 6 heteroatoms. The van der Waals surface area contributed by atoms with Gasteiger partial charge in [0.25, 0.3) is 5.56 Å². The number of nitrogens with zero attached hydrogens (tertiary/aromatic N) is 1. The summed E-state index contributed by atoms with van der Waals surface area (Å²) in [5, 5.41) is 5.58. The van der Waals surface area contributed by atoms with Crippen molar-refractivity contribution in [2.45, 2.75) is 50.8 Å². The van der Waals surface area contributed by atoms with Crippen molar-refractivity contribution in [3.05, 3.63) is 57.5 Å². The van der Waals surface area contributed by atoms with Crippen LogP contribution >= 0.6 is 0 Å². The lowest BCUT2D eigenvalue weighted by molar-refractivity contribution is 0.0735. The van der Waals surface area contributed by atoms with Crippen molar-refractivity contribution in [3.8, 4) is 0 Å². The van der Waals surface area contributed by atoms with Crippen LogP contribution in [-0.2, 0) is 24.2 Å². The van der Waals surface area contributed by atoms with Gasteiger partial charge in [-0.1, -0.05) is 30.3 Å². The van der Waals surface area contributed by atoms with Crippen LogP contribution in [0.1, 0.15) is 36.1 Å². The summed E-state index contributed by atoms with van der Waals surface area (Å²) in [7, 11) is 0. The van der Waals surface area contributed by atoms with E-state index in [1.54, 1.807) is 0 Å². The van der Waals surface area contributed by atoms with Gasteiger partial charge in [0, 0.05) is 29.8 Å². The second-order valence-corrected chi connectivity index (χ2v) is 6.61. The van der Waals surface area contributed by atoms with Crippen LogP contribution in [0.15, 0.2) is 35.1 Å². The summed E-state index contributed by atoms with van der Waals surface area (Å²) in [6, 6.07) is 10.0. The van der Waals surface area contributed by atoms with E-state index < -0.39 is 0 Å². The van der Waals surface area contributed by atoms with Gasteiger partial charge in [0.1, 0.15) is 6.61 Å². The normalized spacial score (nSPS) is 19.6. The average Bonchev–Trinajstić information content (AvgIpc) is 3.38. The Morgan fingerprint density at radius 2 is 1.92 bits per heavy atom. The standard InChI is InChI=1S/C18H21N3O3/c22-17-15-10-14(8-9-16(15)19-20-17)21(13-6-7-13)18(23)24-11-12-4-2-1-3-5-12/h1-5,13-14H,6-11H2,(H2,19,20,22). The van der Waals surface area contributed by atoms with Gasteiger partial charge in [-0.2, -0.15) is 0 Å². The van der Waals surface area contributed by atoms with E-state index in [0.29, 0.717) is 6.42 Å². The molecule has 0 saturated heterocycles. The minimum Gasteiger partial charge on any atom is -0.445 e. The number of rotatable bonds is 4.